The molecule has 5 nitrogen and oxygen atoms in total. The highest BCUT2D eigenvalue weighted by molar-refractivity contribution is 5.73. The third kappa shape index (κ3) is 1.25. The lowest BCUT2D eigenvalue weighted by Crippen LogP contribution is -1.97. The van der Waals surface area contributed by atoms with Gasteiger partial charge in [0.05, 0.1) is 11.4 Å². The Morgan fingerprint density at radius 1 is 0.933 bits per heavy atom. The largest absolute Gasteiger partial charge is 0.257 e. The molecule has 3 heterocycles. The van der Waals surface area contributed by atoms with E-state index in [2.05, 4.69) is 25.4 Å². The number of fused-ring (bicyclic) bond motifs is 1. The molecule has 0 saturated carbocycles. The maximum atomic E-state index is 4.22. The van der Waals surface area contributed by atoms with E-state index in [1.807, 2.05) is 24.3 Å². The highest BCUT2D eigenvalue weighted by Crippen LogP contribution is 2.25. The minimum Gasteiger partial charge on any atom is -0.257 e. The monoisotopic (exact) mass is 197 g/mol. The third-order valence-corrected chi connectivity index (χ3v) is 2.15. The normalized spacial score (nSPS) is 10.7. The maximum absolute atomic E-state index is 4.22. The van der Waals surface area contributed by atoms with Crippen LogP contribution in [0.1, 0.15) is 0 Å². The number of hydrogen-bond donors (Lipinski definition) is 1. The van der Waals surface area contributed by atoms with Crippen molar-refractivity contribution in [2.75, 3.05) is 0 Å². The Morgan fingerprint density at radius 3 is 2.80 bits per heavy atom. The van der Waals surface area contributed by atoms with Crippen molar-refractivity contribution in [2.45, 2.75) is 0 Å². The molecule has 0 atom stereocenters. The second-order valence-electron chi connectivity index (χ2n) is 3.08. The van der Waals surface area contributed by atoms with Crippen LogP contribution in [0.2, 0.25) is 0 Å². The first-order valence-electron chi connectivity index (χ1n) is 4.52. The molecule has 0 amide bonds. The zero-order valence-corrected chi connectivity index (χ0v) is 7.75. The number of rotatable bonds is 1. The van der Waals surface area contributed by atoms with Crippen molar-refractivity contribution in [1.82, 2.24) is 25.4 Å². The van der Waals surface area contributed by atoms with Gasteiger partial charge < -0.3 is 0 Å². The predicted octanol–water partition coefficient (Wildman–Crippen LogP) is 1.37. The summed E-state index contributed by atoms with van der Waals surface area (Å²) in [5, 5.41) is 10.6. The molecule has 72 valence electrons. The quantitative estimate of drug-likeness (QED) is 0.639. The van der Waals surface area contributed by atoms with E-state index in [0.717, 1.165) is 17.1 Å². The van der Waals surface area contributed by atoms with Crippen LogP contribution in [0.25, 0.3) is 22.8 Å². The molecule has 0 radical (unpaired) electrons. The molecule has 3 rings (SSSR count). The zero-order valence-electron chi connectivity index (χ0n) is 7.75. The van der Waals surface area contributed by atoms with Crippen molar-refractivity contribution in [3.8, 4) is 22.8 Å². The fourth-order valence-electron chi connectivity index (χ4n) is 1.47. The average Bonchev–Trinajstić information content (AvgIpc) is 2.78. The summed E-state index contributed by atoms with van der Waals surface area (Å²) in [6.07, 6.45) is 3.44. The number of nitrogens with one attached hydrogen (secondary N) is 1. The molecule has 1 aromatic rings. The molecule has 1 aromatic heterocycles. The average molecular weight is 197 g/mol. The van der Waals surface area contributed by atoms with E-state index in [-0.39, 0.29) is 0 Å². The minimum atomic E-state index is 0.703. The Morgan fingerprint density at radius 2 is 1.93 bits per heavy atom. The van der Waals surface area contributed by atoms with Gasteiger partial charge in [-0.3, -0.25) is 15.1 Å². The lowest BCUT2D eigenvalue weighted by Gasteiger charge is -2.02. The number of pyridine rings is 1. The van der Waals surface area contributed by atoms with Gasteiger partial charge in [0, 0.05) is 12.4 Å². The van der Waals surface area contributed by atoms with Crippen molar-refractivity contribution < 1.29 is 0 Å². The Balaban J connectivity index is 2.25. The van der Waals surface area contributed by atoms with Crippen LogP contribution in [0.15, 0.2) is 36.7 Å². The molecule has 15 heavy (non-hydrogen) atoms. The standard InChI is InChI=1S/C10H7N5/c1-2-5-11-7(3-1)10-9-8(4-6-12-9)13-15-14-10/h1-6H,(H,13,14). The Labute approximate surface area is 85.5 Å². The second-order valence-corrected chi connectivity index (χ2v) is 3.08. The van der Waals surface area contributed by atoms with Crippen LogP contribution in [-0.2, 0) is 0 Å². The highest BCUT2D eigenvalue weighted by atomic mass is 15.3. The van der Waals surface area contributed by atoms with E-state index in [0.29, 0.717) is 5.69 Å². The highest BCUT2D eigenvalue weighted by Gasteiger charge is 2.14. The molecule has 1 N–H and O–H groups in total. The van der Waals surface area contributed by atoms with E-state index < -0.39 is 0 Å². The number of aromatic nitrogens is 5. The zero-order chi connectivity index (χ0) is 10.1. The number of aromatic amines is 1. The van der Waals surface area contributed by atoms with Gasteiger partial charge in [0.1, 0.15) is 11.4 Å². The molecule has 5 heteroatoms. The summed E-state index contributed by atoms with van der Waals surface area (Å²) < 4.78 is 0. The van der Waals surface area contributed by atoms with Crippen LogP contribution < -0.4 is 0 Å². The summed E-state index contributed by atoms with van der Waals surface area (Å²) in [5.74, 6) is 0. The Bertz CT molecular complexity index is 545. The molecular weight excluding hydrogens is 190 g/mol. The maximum Gasteiger partial charge on any atom is 0.141 e. The first kappa shape index (κ1) is 8.05. The van der Waals surface area contributed by atoms with E-state index >= 15 is 0 Å². The van der Waals surface area contributed by atoms with E-state index in [1.54, 1.807) is 12.4 Å². The van der Waals surface area contributed by atoms with Crippen LogP contribution in [0, 0.1) is 0 Å². The fourth-order valence-corrected chi connectivity index (χ4v) is 1.47. The van der Waals surface area contributed by atoms with Crippen LogP contribution in [-0.4, -0.2) is 25.4 Å². The lowest BCUT2D eigenvalue weighted by atomic mass is 10.2. The first-order chi connectivity index (χ1) is 7.45. The molecule has 0 saturated heterocycles. The van der Waals surface area contributed by atoms with Gasteiger partial charge in [0.25, 0.3) is 0 Å². The molecule has 0 aliphatic carbocycles. The lowest BCUT2D eigenvalue weighted by molar-refractivity contribution is 0.870. The summed E-state index contributed by atoms with van der Waals surface area (Å²) in [6, 6.07) is 7.52. The van der Waals surface area contributed by atoms with Gasteiger partial charge in [-0.25, -0.2) is 0 Å². The van der Waals surface area contributed by atoms with E-state index in [1.165, 1.54) is 0 Å². The molecule has 0 spiro atoms. The molecule has 2 aliphatic rings. The number of hydrogen-bond acceptors (Lipinski definition) is 4. The summed E-state index contributed by atoms with van der Waals surface area (Å²) in [7, 11) is 0. The summed E-state index contributed by atoms with van der Waals surface area (Å²) in [5.41, 5.74) is 3.14. The SMILES string of the molecule is c1ccc(-c2nn[nH]c3ccnc2-3)nc1. The van der Waals surface area contributed by atoms with Crippen LogP contribution in [0.4, 0.5) is 0 Å². The van der Waals surface area contributed by atoms with Crippen molar-refractivity contribution in [1.29, 1.82) is 0 Å². The Hall–Kier alpha value is -2.30. The number of nitrogens with zero attached hydrogens (tertiary/aromatic N) is 4. The summed E-state index contributed by atoms with van der Waals surface area (Å²) >= 11 is 0. The molecule has 0 aromatic carbocycles. The predicted molar refractivity (Wildman–Crippen MR) is 54.0 cm³/mol. The van der Waals surface area contributed by atoms with Crippen LogP contribution in [0.5, 0.6) is 0 Å². The van der Waals surface area contributed by atoms with Gasteiger partial charge in [0.2, 0.25) is 0 Å². The third-order valence-electron chi connectivity index (χ3n) is 2.15. The van der Waals surface area contributed by atoms with Gasteiger partial charge in [0.15, 0.2) is 0 Å². The molecular formula is C10H7N5. The van der Waals surface area contributed by atoms with Crippen molar-refractivity contribution in [3.05, 3.63) is 36.7 Å². The van der Waals surface area contributed by atoms with Gasteiger partial charge in [-0.2, -0.15) is 0 Å². The van der Waals surface area contributed by atoms with Crippen molar-refractivity contribution in [3.63, 3.8) is 0 Å². The number of H-pyrrole nitrogens is 1. The molecule has 0 unspecified atom stereocenters. The van der Waals surface area contributed by atoms with Crippen LogP contribution >= 0.6 is 0 Å². The molecule has 0 fully saturated rings. The van der Waals surface area contributed by atoms with Crippen molar-refractivity contribution >= 4 is 0 Å². The van der Waals surface area contributed by atoms with E-state index in [4.69, 9.17) is 0 Å². The van der Waals surface area contributed by atoms with Gasteiger partial charge in [-0.15, -0.1) is 5.10 Å². The Kier molecular flexibility index (Phi) is 1.68. The summed E-state index contributed by atoms with van der Waals surface area (Å²) in [4.78, 5) is 8.44. The van der Waals surface area contributed by atoms with Gasteiger partial charge in [-0.1, -0.05) is 11.3 Å². The fraction of sp³-hybridized carbons (Fsp3) is 0. The van der Waals surface area contributed by atoms with Crippen molar-refractivity contribution in [2.24, 2.45) is 0 Å². The van der Waals surface area contributed by atoms with Gasteiger partial charge in [-0.05, 0) is 18.2 Å². The summed E-state index contributed by atoms with van der Waals surface area (Å²) in [6.45, 7) is 0. The topological polar surface area (TPSA) is 67.3 Å². The molecule has 2 aliphatic heterocycles. The van der Waals surface area contributed by atoms with Gasteiger partial charge >= 0.3 is 0 Å². The first-order valence-corrected chi connectivity index (χ1v) is 4.52. The minimum absolute atomic E-state index is 0.703. The second kappa shape index (κ2) is 3.13. The molecule has 0 bridgehead atoms. The van der Waals surface area contributed by atoms with E-state index in [9.17, 15) is 0 Å². The smallest absolute Gasteiger partial charge is 0.141 e. The van der Waals surface area contributed by atoms with Crippen LogP contribution in [0.3, 0.4) is 0 Å².